The van der Waals surface area contributed by atoms with Crippen LogP contribution in [0, 0.1) is 11.8 Å². The van der Waals surface area contributed by atoms with Crippen molar-refractivity contribution in [2.45, 2.75) is 31.5 Å². The third kappa shape index (κ3) is 5.69. The Morgan fingerprint density at radius 1 is 1.27 bits per heavy atom. The number of aliphatic hydroxyl groups excluding tert-OH is 1. The molecule has 2 aliphatic rings. The fourth-order valence-corrected chi connectivity index (χ4v) is 6.29. The van der Waals surface area contributed by atoms with Crippen LogP contribution in [0.2, 0.25) is 0 Å². The minimum Gasteiger partial charge on any atom is -0.393 e. The summed E-state index contributed by atoms with van der Waals surface area (Å²) in [5.74, 6) is -0.692. The smallest absolute Gasteiger partial charge is 0.333 e. The minimum atomic E-state index is -4.09. The van der Waals surface area contributed by atoms with Gasteiger partial charge in [-0.25, -0.2) is 15.1 Å². The average Bonchev–Trinajstić information content (AvgIpc) is 3.49. The Bertz CT molecular complexity index is 1440. The number of hydrogen-bond acceptors (Lipinski definition) is 10. The van der Waals surface area contributed by atoms with Crippen LogP contribution in [0.4, 0.5) is 0 Å². The van der Waals surface area contributed by atoms with Crippen LogP contribution >= 0.6 is 11.3 Å². The van der Waals surface area contributed by atoms with Gasteiger partial charge in [0.25, 0.3) is 0 Å². The third-order valence-corrected chi connectivity index (χ3v) is 8.21. The quantitative estimate of drug-likeness (QED) is 0.406. The summed E-state index contributed by atoms with van der Waals surface area (Å²) < 4.78 is 32.7. The van der Waals surface area contributed by atoms with E-state index in [4.69, 9.17) is 9.88 Å². The van der Waals surface area contributed by atoms with Gasteiger partial charge in [0.15, 0.2) is 5.78 Å². The van der Waals surface area contributed by atoms with Crippen molar-refractivity contribution in [2.24, 2.45) is 17.0 Å². The van der Waals surface area contributed by atoms with Crippen molar-refractivity contribution in [1.82, 2.24) is 9.97 Å². The van der Waals surface area contributed by atoms with Gasteiger partial charge in [0.05, 0.1) is 28.8 Å². The monoisotopic (exact) mass is 543 g/mol. The molecule has 3 N–H and O–H groups in total. The summed E-state index contributed by atoms with van der Waals surface area (Å²) in [7, 11) is -4.09. The fraction of sp³-hybridized carbons (Fsp3) is 0.360. The molecule has 1 unspecified atom stereocenters. The molecule has 5 rings (SSSR count). The van der Waals surface area contributed by atoms with Crippen LogP contribution in [-0.2, 0) is 25.6 Å². The molecule has 194 valence electrons. The van der Waals surface area contributed by atoms with E-state index >= 15 is 0 Å². The number of carbonyl (C=O) groups excluding carboxylic acids is 2. The molecule has 4 atom stereocenters. The summed E-state index contributed by atoms with van der Waals surface area (Å²) in [5, 5.41) is 17.1. The van der Waals surface area contributed by atoms with Crippen molar-refractivity contribution in [2.75, 3.05) is 13.2 Å². The number of ether oxygens (including phenoxy) is 1. The van der Waals surface area contributed by atoms with Crippen LogP contribution in [-0.4, -0.2) is 54.4 Å². The van der Waals surface area contributed by atoms with E-state index in [1.807, 2.05) is 23.6 Å². The molecule has 1 aliphatic heterocycles. The summed E-state index contributed by atoms with van der Waals surface area (Å²) in [6.07, 6.45) is 3.05. The highest BCUT2D eigenvalue weighted by molar-refractivity contribution is 7.84. The standard InChI is InChI=1S/C25H25N3O7S2/c26-37(32,33)35-10-15-5-14(7-21(15)29)6-20-19(9-27-13-28-20)24(31)23-8-16(12-36-23)25-18-4-2-1-3-17(18)22(30)11-34-25/h1-4,8-9,12-15,21,25,29H,5-7,10-11H2,(H2,26,32,33)/t14-,15+,21-,25?/m0/s1. The second kappa shape index (κ2) is 10.5. The Morgan fingerprint density at radius 2 is 2.08 bits per heavy atom. The van der Waals surface area contributed by atoms with Crippen molar-refractivity contribution < 1.29 is 32.0 Å². The summed E-state index contributed by atoms with van der Waals surface area (Å²) in [6.45, 7) is -0.212. The van der Waals surface area contributed by atoms with Crippen molar-refractivity contribution in [3.8, 4) is 0 Å². The largest absolute Gasteiger partial charge is 0.393 e. The fourth-order valence-electron chi connectivity index (χ4n) is 5.05. The molecule has 37 heavy (non-hydrogen) atoms. The van der Waals surface area contributed by atoms with Crippen LogP contribution in [0.5, 0.6) is 0 Å². The van der Waals surface area contributed by atoms with Gasteiger partial charge in [-0.2, -0.15) is 8.42 Å². The Morgan fingerprint density at radius 3 is 2.89 bits per heavy atom. The van der Waals surface area contributed by atoms with Crippen LogP contribution in [0.25, 0.3) is 0 Å². The molecule has 12 heteroatoms. The number of benzene rings is 1. The molecular formula is C25H25N3O7S2. The molecule has 1 saturated carbocycles. The van der Waals surface area contributed by atoms with Crippen molar-refractivity contribution >= 4 is 33.2 Å². The lowest BCUT2D eigenvalue weighted by Crippen LogP contribution is -2.24. The number of nitrogens with zero attached hydrogens (tertiary/aromatic N) is 2. The van der Waals surface area contributed by atoms with E-state index in [0.717, 1.165) is 11.1 Å². The normalized spacial score (nSPS) is 23.7. The maximum atomic E-state index is 13.5. The van der Waals surface area contributed by atoms with Crippen LogP contribution in [0.1, 0.15) is 61.4 Å². The number of rotatable bonds is 8. The van der Waals surface area contributed by atoms with Gasteiger partial charge in [-0.15, -0.1) is 11.3 Å². The maximum absolute atomic E-state index is 13.5. The van der Waals surface area contributed by atoms with Crippen molar-refractivity contribution in [3.63, 3.8) is 0 Å². The second-order valence-corrected chi connectivity index (χ2v) is 11.4. The molecule has 1 aliphatic carbocycles. The molecule has 0 radical (unpaired) electrons. The van der Waals surface area contributed by atoms with E-state index in [0.29, 0.717) is 41.0 Å². The molecule has 2 aromatic heterocycles. The Hall–Kier alpha value is -2.87. The number of ketones is 2. The highest BCUT2D eigenvalue weighted by Gasteiger charge is 2.35. The molecule has 1 fully saturated rings. The average molecular weight is 544 g/mol. The van der Waals surface area contributed by atoms with Gasteiger partial charge in [-0.05, 0) is 47.8 Å². The van der Waals surface area contributed by atoms with Crippen LogP contribution in [0.15, 0.2) is 48.2 Å². The predicted octanol–water partition coefficient (Wildman–Crippen LogP) is 2.22. The Balaban J connectivity index is 1.32. The molecule has 0 spiro atoms. The van der Waals surface area contributed by atoms with Gasteiger partial charge in [0, 0.05) is 17.7 Å². The van der Waals surface area contributed by atoms with Gasteiger partial charge < -0.3 is 9.84 Å². The second-order valence-electron chi connectivity index (χ2n) is 9.30. The van der Waals surface area contributed by atoms with E-state index < -0.39 is 22.5 Å². The molecule has 1 aromatic carbocycles. The third-order valence-electron chi connectivity index (χ3n) is 6.79. The first-order valence-electron chi connectivity index (χ1n) is 11.7. The number of carbonyl (C=O) groups is 2. The van der Waals surface area contributed by atoms with Gasteiger partial charge in [0.1, 0.15) is 19.0 Å². The van der Waals surface area contributed by atoms with Gasteiger partial charge in [-0.3, -0.25) is 13.8 Å². The SMILES string of the molecule is NS(=O)(=O)OC[C@H]1C[C@@H](Cc2ncncc2C(=O)c2cc(C3OCC(=O)c4ccccc43)cs2)C[C@@H]1O. The van der Waals surface area contributed by atoms with E-state index in [2.05, 4.69) is 14.2 Å². The number of nitrogens with two attached hydrogens (primary N) is 1. The van der Waals surface area contributed by atoms with Gasteiger partial charge >= 0.3 is 10.3 Å². The molecule has 0 amide bonds. The lowest BCUT2D eigenvalue weighted by Gasteiger charge is -2.24. The lowest BCUT2D eigenvalue weighted by atomic mass is 9.93. The first kappa shape index (κ1) is 25.8. The summed E-state index contributed by atoms with van der Waals surface area (Å²) in [5.41, 5.74) is 3.13. The van der Waals surface area contributed by atoms with E-state index in [-0.39, 0.29) is 36.6 Å². The zero-order valence-electron chi connectivity index (χ0n) is 19.6. The number of hydrogen-bond donors (Lipinski definition) is 2. The Kier molecular flexibility index (Phi) is 7.30. The molecule has 10 nitrogen and oxygen atoms in total. The van der Waals surface area contributed by atoms with E-state index in [9.17, 15) is 23.1 Å². The number of thiophene rings is 1. The number of aliphatic hydroxyl groups is 1. The first-order valence-corrected chi connectivity index (χ1v) is 14.1. The summed E-state index contributed by atoms with van der Waals surface area (Å²) in [6, 6.07) is 9.09. The van der Waals surface area contributed by atoms with Crippen LogP contribution < -0.4 is 5.14 Å². The lowest BCUT2D eigenvalue weighted by molar-refractivity contribution is 0.0512. The van der Waals surface area contributed by atoms with Crippen LogP contribution in [0.3, 0.4) is 0 Å². The highest BCUT2D eigenvalue weighted by atomic mass is 32.2. The van der Waals surface area contributed by atoms with Crippen molar-refractivity contribution in [3.05, 3.63) is 81.1 Å². The number of fused-ring (bicyclic) bond motifs is 1. The Labute approximate surface area is 217 Å². The molecule has 0 bridgehead atoms. The molecular weight excluding hydrogens is 518 g/mol. The van der Waals surface area contributed by atoms with Gasteiger partial charge in [-0.1, -0.05) is 24.3 Å². The highest BCUT2D eigenvalue weighted by Crippen LogP contribution is 2.37. The molecule has 3 heterocycles. The zero-order chi connectivity index (χ0) is 26.2. The number of Topliss-reactive ketones (excluding diaryl/α,β-unsaturated/α-hetero) is 1. The first-order chi connectivity index (χ1) is 17.7. The van der Waals surface area contributed by atoms with E-state index in [1.54, 1.807) is 12.1 Å². The molecule has 3 aromatic rings. The topological polar surface area (TPSA) is 159 Å². The van der Waals surface area contributed by atoms with Gasteiger partial charge in [0.2, 0.25) is 5.78 Å². The van der Waals surface area contributed by atoms with E-state index in [1.165, 1.54) is 23.9 Å². The predicted molar refractivity (Wildman–Crippen MR) is 133 cm³/mol. The minimum absolute atomic E-state index is 0.0193. The number of aromatic nitrogens is 2. The maximum Gasteiger partial charge on any atom is 0.333 e. The summed E-state index contributed by atoms with van der Waals surface area (Å²) >= 11 is 1.29. The van der Waals surface area contributed by atoms with Crippen molar-refractivity contribution in [1.29, 1.82) is 0 Å². The zero-order valence-corrected chi connectivity index (χ0v) is 21.3. The molecule has 0 saturated heterocycles. The summed E-state index contributed by atoms with van der Waals surface area (Å²) in [4.78, 5) is 34.6.